The molecule has 1 aliphatic rings. The fraction of sp³-hybridized carbons (Fsp3) is 0.923. The molecule has 0 N–H and O–H groups in total. The summed E-state index contributed by atoms with van der Waals surface area (Å²) in [6, 6.07) is 0. The van der Waals surface area contributed by atoms with Gasteiger partial charge in [-0.1, -0.05) is 52.2 Å². The van der Waals surface area contributed by atoms with Gasteiger partial charge in [0.25, 0.3) is 0 Å². The minimum absolute atomic E-state index is 0.0673. The van der Waals surface area contributed by atoms with E-state index < -0.39 is 8.07 Å². The third kappa shape index (κ3) is 3.61. The summed E-state index contributed by atoms with van der Waals surface area (Å²) in [5, 5.41) is 0. The molecule has 0 spiro atoms. The molecule has 2 atom stereocenters. The summed E-state index contributed by atoms with van der Waals surface area (Å²) in [6.45, 7) is 9.03. The topological polar surface area (TPSA) is 26.3 Å². The molecular weight excluding hydrogens is 216 g/mol. The van der Waals surface area contributed by atoms with E-state index in [4.69, 9.17) is 4.74 Å². The van der Waals surface area contributed by atoms with Crippen LogP contribution in [0.3, 0.4) is 0 Å². The molecular formula is C13H26O2Si. The molecule has 0 aromatic heterocycles. The zero-order valence-electron chi connectivity index (χ0n) is 11.2. The first kappa shape index (κ1) is 13.8. The monoisotopic (exact) mass is 242 g/mol. The van der Waals surface area contributed by atoms with Crippen LogP contribution in [0.25, 0.3) is 0 Å². The van der Waals surface area contributed by atoms with Gasteiger partial charge in [0.15, 0.2) is 0 Å². The van der Waals surface area contributed by atoms with E-state index in [9.17, 15) is 4.79 Å². The van der Waals surface area contributed by atoms with E-state index in [1.807, 2.05) is 0 Å². The summed E-state index contributed by atoms with van der Waals surface area (Å²) in [7, 11) is -1.35. The van der Waals surface area contributed by atoms with Gasteiger partial charge in [-0.15, -0.1) is 0 Å². The third-order valence-corrected chi connectivity index (χ3v) is 5.89. The number of unbranched alkanes of at least 4 members (excludes halogenated alkanes) is 4. The van der Waals surface area contributed by atoms with Crippen LogP contribution in [0.4, 0.5) is 0 Å². The summed E-state index contributed by atoms with van der Waals surface area (Å²) < 4.78 is 5.28. The van der Waals surface area contributed by atoms with Crippen LogP contribution in [-0.2, 0) is 9.53 Å². The molecule has 0 aromatic carbocycles. The highest BCUT2D eigenvalue weighted by Crippen LogP contribution is 2.39. The molecule has 94 valence electrons. The van der Waals surface area contributed by atoms with Crippen LogP contribution in [-0.4, -0.2) is 20.1 Å². The lowest BCUT2D eigenvalue weighted by molar-refractivity contribution is -0.170. The SMILES string of the molecule is CCCCCCC[C@@H]1OC(=O)[C@H]1[Si](C)(C)C. The van der Waals surface area contributed by atoms with Crippen molar-refractivity contribution in [1.29, 1.82) is 0 Å². The molecule has 0 aliphatic carbocycles. The fourth-order valence-corrected chi connectivity index (χ4v) is 4.58. The highest BCUT2D eigenvalue weighted by atomic mass is 28.3. The minimum Gasteiger partial charge on any atom is -0.462 e. The number of carbonyl (C=O) groups is 1. The van der Waals surface area contributed by atoms with E-state index in [0.717, 1.165) is 6.42 Å². The molecule has 0 unspecified atom stereocenters. The first-order chi connectivity index (χ1) is 7.46. The number of rotatable bonds is 7. The first-order valence-corrected chi connectivity index (χ1v) is 10.2. The van der Waals surface area contributed by atoms with Gasteiger partial charge in [-0.2, -0.15) is 0 Å². The van der Waals surface area contributed by atoms with Crippen molar-refractivity contribution in [1.82, 2.24) is 0 Å². The summed E-state index contributed by atoms with van der Waals surface area (Å²) in [5.74, 6) is 0.0673. The smallest absolute Gasteiger partial charge is 0.310 e. The molecule has 0 aromatic rings. The Morgan fingerprint density at radius 3 is 2.25 bits per heavy atom. The highest BCUT2D eigenvalue weighted by molar-refractivity contribution is 6.81. The molecule has 2 nitrogen and oxygen atoms in total. The Bertz CT molecular complexity index is 233. The molecule has 16 heavy (non-hydrogen) atoms. The first-order valence-electron chi connectivity index (χ1n) is 6.67. The number of ether oxygens (including phenoxy) is 1. The summed E-state index contributed by atoms with van der Waals surface area (Å²) in [5.41, 5.74) is 0.263. The minimum atomic E-state index is -1.35. The molecule has 0 saturated carbocycles. The Kier molecular flexibility index (Phi) is 5.03. The average Bonchev–Trinajstić information content (AvgIpc) is 2.12. The van der Waals surface area contributed by atoms with Crippen LogP contribution >= 0.6 is 0 Å². The predicted molar refractivity (Wildman–Crippen MR) is 70.4 cm³/mol. The standard InChI is InChI=1S/C13H26O2Si/c1-5-6-7-8-9-10-11-12(13(14)15-11)16(2,3)4/h11-12H,5-10H2,1-4H3/t11-,12-/m0/s1. The van der Waals surface area contributed by atoms with Crippen molar-refractivity contribution in [2.75, 3.05) is 0 Å². The largest absolute Gasteiger partial charge is 0.462 e. The summed E-state index contributed by atoms with van der Waals surface area (Å²) in [4.78, 5) is 11.4. The summed E-state index contributed by atoms with van der Waals surface area (Å²) in [6.07, 6.45) is 7.80. The second kappa shape index (κ2) is 5.85. The van der Waals surface area contributed by atoms with Gasteiger partial charge in [0.1, 0.15) is 6.10 Å². The molecule has 1 heterocycles. The summed E-state index contributed by atoms with van der Waals surface area (Å²) >= 11 is 0. The van der Waals surface area contributed by atoms with Gasteiger partial charge >= 0.3 is 5.97 Å². The van der Waals surface area contributed by atoms with Crippen molar-refractivity contribution >= 4 is 14.0 Å². The van der Waals surface area contributed by atoms with Crippen molar-refractivity contribution in [2.24, 2.45) is 0 Å². The van der Waals surface area contributed by atoms with Crippen molar-refractivity contribution in [3.63, 3.8) is 0 Å². The second-order valence-electron chi connectivity index (χ2n) is 6.02. The molecule has 0 amide bonds. The van der Waals surface area contributed by atoms with Crippen LogP contribution in [0.5, 0.6) is 0 Å². The number of esters is 1. The van der Waals surface area contributed by atoms with Crippen molar-refractivity contribution < 1.29 is 9.53 Å². The van der Waals surface area contributed by atoms with Gasteiger partial charge in [0, 0.05) is 0 Å². The Morgan fingerprint density at radius 2 is 1.75 bits per heavy atom. The van der Waals surface area contributed by atoms with E-state index in [1.54, 1.807) is 0 Å². The lowest BCUT2D eigenvalue weighted by Gasteiger charge is -2.42. The molecule has 1 saturated heterocycles. The fourth-order valence-electron chi connectivity index (χ4n) is 2.46. The average molecular weight is 242 g/mol. The van der Waals surface area contributed by atoms with Gasteiger partial charge in [-0.25, -0.2) is 0 Å². The normalized spacial score (nSPS) is 25.1. The highest BCUT2D eigenvalue weighted by Gasteiger charge is 2.49. The lowest BCUT2D eigenvalue weighted by atomic mass is 10.0. The van der Waals surface area contributed by atoms with Gasteiger partial charge in [0.05, 0.1) is 13.6 Å². The number of cyclic esters (lactones) is 1. The second-order valence-corrected chi connectivity index (χ2v) is 11.4. The molecule has 0 radical (unpaired) electrons. The Morgan fingerprint density at radius 1 is 1.12 bits per heavy atom. The number of hydrogen-bond acceptors (Lipinski definition) is 2. The van der Waals surface area contributed by atoms with Gasteiger partial charge in [0.2, 0.25) is 0 Å². The van der Waals surface area contributed by atoms with E-state index in [-0.39, 0.29) is 17.6 Å². The molecule has 0 bridgehead atoms. The quantitative estimate of drug-likeness (QED) is 0.383. The van der Waals surface area contributed by atoms with E-state index >= 15 is 0 Å². The maximum absolute atomic E-state index is 11.4. The van der Waals surface area contributed by atoms with Crippen LogP contribution in [0.2, 0.25) is 25.2 Å². The van der Waals surface area contributed by atoms with Crippen LogP contribution < -0.4 is 0 Å². The third-order valence-electron chi connectivity index (χ3n) is 3.42. The van der Waals surface area contributed by atoms with Gasteiger partial charge < -0.3 is 4.74 Å². The van der Waals surface area contributed by atoms with Crippen LogP contribution in [0.15, 0.2) is 0 Å². The number of carbonyl (C=O) groups excluding carboxylic acids is 1. The predicted octanol–water partition coefficient (Wildman–Crippen LogP) is 3.98. The zero-order valence-corrected chi connectivity index (χ0v) is 12.2. The molecule has 3 heteroatoms. The van der Waals surface area contributed by atoms with E-state index in [1.165, 1.54) is 32.1 Å². The van der Waals surface area contributed by atoms with Crippen LogP contribution in [0, 0.1) is 0 Å². The zero-order chi connectivity index (χ0) is 12.2. The van der Waals surface area contributed by atoms with Gasteiger partial charge in [-0.05, 0) is 12.8 Å². The Balaban J connectivity index is 2.21. The molecule has 1 fully saturated rings. The van der Waals surface area contributed by atoms with Crippen LogP contribution in [0.1, 0.15) is 45.4 Å². The van der Waals surface area contributed by atoms with Crippen molar-refractivity contribution in [2.45, 2.75) is 76.7 Å². The Hall–Kier alpha value is -0.313. The lowest BCUT2D eigenvalue weighted by Crippen LogP contribution is -2.52. The molecule has 1 aliphatic heterocycles. The van der Waals surface area contributed by atoms with E-state index in [0.29, 0.717) is 0 Å². The van der Waals surface area contributed by atoms with Crippen molar-refractivity contribution in [3.05, 3.63) is 0 Å². The van der Waals surface area contributed by atoms with Gasteiger partial charge in [-0.3, -0.25) is 4.79 Å². The maximum atomic E-state index is 11.4. The number of hydrogen-bond donors (Lipinski definition) is 0. The van der Waals surface area contributed by atoms with Crippen molar-refractivity contribution in [3.8, 4) is 0 Å². The molecule has 1 rings (SSSR count). The Labute approximate surface area is 101 Å². The maximum Gasteiger partial charge on any atom is 0.310 e. The van der Waals surface area contributed by atoms with E-state index in [2.05, 4.69) is 26.6 Å².